The Labute approximate surface area is 150 Å². The molecular formula is C15H9Cl3F3NO2. The van der Waals surface area contributed by atoms with Crippen LogP contribution < -0.4 is 10.1 Å². The molecule has 0 bridgehead atoms. The molecule has 1 N–H and O–H groups in total. The minimum Gasteiger partial charge on any atom is -0.484 e. The Morgan fingerprint density at radius 2 is 1.62 bits per heavy atom. The van der Waals surface area contributed by atoms with E-state index in [2.05, 4.69) is 5.32 Å². The fourth-order valence-corrected chi connectivity index (χ4v) is 2.49. The van der Waals surface area contributed by atoms with Crippen molar-refractivity contribution in [2.24, 2.45) is 0 Å². The Hall–Kier alpha value is -1.63. The molecule has 0 aliphatic rings. The van der Waals surface area contributed by atoms with Crippen LogP contribution in [-0.2, 0) is 11.0 Å². The molecule has 2 rings (SSSR count). The molecule has 0 aliphatic carbocycles. The van der Waals surface area contributed by atoms with E-state index in [-0.39, 0.29) is 10.8 Å². The average molecular weight is 399 g/mol. The molecule has 0 saturated carbocycles. The maximum Gasteiger partial charge on any atom is 0.418 e. The number of carbonyl (C=O) groups is 1. The minimum absolute atomic E-state index is 0.0925. The van der Waals surface area contributed by atoms with Gasteiger partial charge in [0.15, 0.2) is 6.61 Å². The molecule has 0 saturated heterocycles. The highest BCUT2D eigenvalue weighted by Crippen LogP contribution is 2.36. The number of halogens is 6. The summed E-state index contributed by atoms with van der Waals surface area (Å²) in [6.07, 6.45) is -4.66. The van der Waals surface area contributed by atoms with Gasteiger partial charge in [0.2, 0.25) is 0 Å². The summed E-state index contributed by atoms with van der Waals surface area (Å²) in [5, 5.41) is 2.64. The summed E-state index contributed by atoms with van der Waals surface area (Å²) in [7, 11) is 0. The maximum atomic E-state index is 12.9. The first-order valence-electron chi connectivity index (χ1n) is 6.40. The van der Waals surface area contributed by atoms with E-state index in [1.54, 1.807) is 0 Å². The van der Waals surface area contributed by atoms with Crippen LogP contribution in [0.2, 0.25) is 15.1 Å². The van der Waals surface area contributed by atoms with E-state index in [4.69, 9.17) is 39.5 Å². The van der Waals surface area contributed by atoms with Crippen LogP contribution in [-0.4, -0.2) is 12.5 Å². The van der Waals surface area contributed by atoms with Gasteiger partial charge in [-0.2, -0.15) is 13.2 Å². The summed E-state index contributed by atoms with van der Waals surface area (Å²) in [4.78, 5) is 11.8. The van der Waals surface area contributed by atoms with Crippen LogP contribution in [0.15, 0.2) is 36.4 Å². The highest BCUT2D eigenvalue weighted by atomic mass is 35.5. The topological polar surface area (TPSA) is 38.3 Å². The van der Waals surface area contributed by atoms with Gasteiger partial charge in [0.1, 0.15) is 5.75 Å². The molecule has 3 nitrogen and oxygen atoms in total. The van der Waals surface area contributed by atoms with Gasteiger partial charge in [-0.25, -0.2) is 0 Å². The Morgan fingerprint density at radius 3 is 2.21 bits per heavy atom. The maximum absolute atomic E-state index is 12.9. The summed E-state index contributed by atoms with van der Waals surface area (Å²) in [5.41, 5.74) is -1.46. The molecule has 128 valence electrons. The van der Waals surface area contributed by atoms with Crippen LogP contribution in [0.5, 0.6) is 5.75 Å². The molecule has 0 aromatic heterocycles. The highest BCUT2D eigenvalue weighted by Gasteiger charge is 2.34. The third-order valence-corrected chi connectivity index (χ3v) is 3.44. The third kappa shape index (κ3) is 5.19. The average Bonchev–Trinajstić information content (AvgIpc) is 2.45. The number of ether oxygens (including phenoxy) is 1. The quantitative estimate of drug-likeness (QED) is 0.719. The number of benzene rings is 2. The lowest BCUT2D eigenvalue weighted by molar-refractivity contribution is -0.137. The number of rotatable bonds is 4. The van der Waals surface area contributed by atoms with Gasteiger partial charge in [-0.3, -0.25) is 4.79 Å². The van der Waals surface area contributed by atoms with Crippen LogP contribution in [0.3, 0.4) is 0 Å². The van der Waals surface area contributed by atoms with Gasteiger partial charge in [-0.1, -0.05) is 34.8 Å². The lowest BCUT2D eigenvalue weighted by Crippen LogP contribution is -2.22. The highest BCUT2D eigenvalue weighted by molar-refractivity contribution is 6.34. The molecule has 2 aromatic rings. The van der Waals surface area contributed by atoms with Crippen molar-refractivity contribution in [3.8, 4) is 5.75 Å². The van der Waals surface area contributed by atoms with Crippen molar-refractivity contribution < 1.29 is 22.7 Å². The second kappa shape index (κ2) is 7.51. The van der Waals surface area contributed by atoms with Crippen LogP contribution in [0.1, 0.15) is 5.56 Å². The summed E-state index contributed by atoms with van der Waals surface area (Å²) >= 11 is 17.1. The molecular weight excluding hydrogens is 390 g/mol. The van der Waals surface area contributed by atoms with Gasteiger partial charge in [0.05, 0.1) is 11.3 Å². The number of alkyl halides is 3. The van der Waals surface area contributed by atoms with E-state index < -0.39 is 29.9 Å². The van der Waals surface area contributed by atoms with Crippen molar-refractivity contribution >= 4 is 46.4 Å². The summed E-state index contributed by atoms with van der Waals surface area (Å²) in [6.45, 7) is -0.517. The summed E-state index contributed by atoms with van der Waals surface area (Å²) in [5.74, 6) is -0.561. The number of amides is 1. The Balaban J connectivity index is 2.07. The van der Waals surface area contributed by atoms with Crippen molar-refractivity contribution in [2.75, 3.05) is 11.9 Å². The van der Waals surface area contributed by atoms with Gasteiger partial charge in [-0.15, -0.1) is 0 Å². The van der Waals surface area contributed by atoms with Crippen LogP contribution in [0.25, 0.3) is 0 Å². The fraction of sp³-hybridized carbons (Fsp3) is 0.133. The van der Waals surface area contributed by atoms with E-state index in [1.165, 1.54) is 24.3 Å². The molecule has 0 spiro atoms. The number of nitrogens with one attached hydrogen (secondary N) is 1. The first-order valence-corrected chi connectivity index (χ1v) is 7.54. The Morgan fingerprint density at radius 1 is 1.00 bits per heavy atom. The fourth-order valence-electron chi connectivity index (χ4n) is 1.81. The zero-order chi connectivity index (χ0) is 17.9. The smallest absolute Gasteiger partial charge is 0.418 e. The molecule has 0 atom stereocenters. The van der Waals surface area contributed by atoms with E-state index in [0.29, 0.717) is 10.0 Å². The third-order valence-electron chi connectivity index (χ3n) is 2.77. The van der Waals surface area contributed by atoms with Crippen molar-refractivity contribution in [1.82, 2.24) is 0 Å². The molecule has 24 heavy (non-hydrogen) atoms. The number of hydrogen-bond donors (Lipinski definition) is 1. The van der Waals surface area contributed by atoms with E-state index >= 15 is 0 Å². The van der Waals surface area contributed by atoms with E-state index in [0.717, 1.165) is 12.1 Å². The summed E-state index contributed by atoms with van der Waals surface area (Å²) < 4.78 is 44.0. The molecule has 0 heterocycles. The largest absolute Gasteiger partial charge is 0.484 e. The SMILES string of the molecule is O=C(COc1cc(Cl)cc(Cl)c1)Nc1ccc(Cl)cc1C(F)(F)F. The van der Waals surface area contributed by atoms with Crippen LogP contribution in [0.4, 0.5) is 18.9 Å². The molecule has 0 unspecified atom stereocenters. The zero-order valence-corrected chi connectivity index (χ0v) is 14.0. The van der Waals surface area contributed by atoms with Crippen molar-refractivity contribution in [1.29, 1.82) is 0 Å². The second-order valence-corrected chi connectivity index (χ2v) is 5.94. The van der Waals surface area contributed by atoms with Gasteiger partial charge < -0.3 is 10.1 Å². The number of carbonyl (C=O) groups excluding carboxylic acids is 1. The monoisotopic (exact) mass is 397 g/mol. The van der Waals surface area contributed by atoms with Gasteiger partial charge in [0.25, 0.3) is 5.91 Å². The van der Waals surface area contributed by atoms with Gasteiger partial charge in [0, 0.05) is 15.1 Å². The molecule has 9 heteroatoms. The Kier molecular flexibility index (Phi) is 5.85. The number of hydrogen-bond acceptors (Lipinski definition) is 2. The standard InChI is InChI=1S/C15H9Cl3F3NO2/c16-8-1-2-13(12(6-8)15(19,20)21)22-14(23)7-24-11-4-9(17)3-10(18)5-11/h1-6H,7H2,(H,22,23). The van der Waals surface area contributed by atoms with Crippen LogP contribution in [0, 0.1) is 0 Å². The Bertz CT molecular complexity index is 746. The van der Waals surface area contributed by atoms with Crippen molar-refractivity contribution in [3.05, 3.63) is 57.0 Å². The predicted octanol–water partition coefficient (Wildman–Crippen LogP) is 5.68. The van der Waals surface area contributed by atoms with E-state index in [9.17, 15) is 18.0 Å². The van der Waals surface area contributed by atoms with Crippen molar-refractivity contribution in [3.63, 3.8) is 0 Å². The number of anilines is 1. The lowest BCUT2D eigenvalue weighted by Gasteiger charge is -2.14. The molecule has 0 fully saturated rings. The zero-order valence-electron chi connectivity index (χ0n) is 11.8. The van der Waals surface area contributed by atoms with Gasteiger partial charge in [-0.05, 0) is 36.4 Å². The van der Waals surface area contributed by atoms with Crippen LogP contribution >= 0.6 is 34.8 Å². The first kappa shape index (κ1) is 18.7. The molecule has 1 amide bonds. The van der Waals surface area contributed by atoms with Crippen molar-refractivity contribution in [2.45, 2.75) is 6.18 Å². The van der Waals surface area contributed by atoms with E-state index in [1.807, 2.05) is 0 Å². The minimum atomic E-state index is -4.66. The summed E-state index contributed by atoms with van der Waals surface area (Å²) in [6, 6.07) is 7.35. The molecule has 0 aliphatic heterocycles. The first-order chi connectivity index (χ1) is 11.1. The normalized spacial score (nSPS) is 11.2. The predicted molar refractivity (Wildman–Crippen MR) is 87.0 cm³/mol. The molecule has 2 aromatic carbocycles. The second-order valence-electron chi connectivity index (χ2n) is 4.63. The van der Waals surface area contributed by atoms with Gasteiger partial charge >= 0.3 is 6.18 Å². The molecule has 0 radical (unpaired) electrons. The lowest BCUT2D eigenvalue weighted by atomic mass is 10.1.